The number of hydrogen-bond acceptors (Lipinski definition) is 3. The molecule has 0 aromatic heterocycles. The Labute approximate surface area is 115 Å². The quantitative estimate of drug-likeness (QED) is 0.802. The van der Waals surface area contributed by atoms with Gasteiger partial charge in [-0.3, -0.25) is 0 Å². The van der Waals surface area contributed by atoms with Crippen LogP contribution in [0.5, 0.6) is 5.75 Å². The summed E-state index contributed by atoms with van der Waals surface area (Å²) in [4.78, 5) is 2.06. The fraction of sp³-hybridized carbons (Fsp3) is 0.600. The zero-order chi connectivity index (χ0) is 14.6. The Morgan fingerprint density at radius 1 is 1.16 bits per heavy atom. The molecule has 0 fully saturated rings. The van der Waals surface area contributed by atoms with Gasteiger partial charge in [0.25, 0.3) is 0 Å². The second kappa shape index (κ2) is 6.64. The van der Waals surface area contributed by atoms with Crippen molar-refractivity contribution in [3.63, 3.8) is 0 Å². The van der Waals surface area contributed by atoms with Gasteiger partial charge in [-0.2, -0.15) is 0 Å². The van der Waals surface area contributed by atoms with Crippen LogP contribution in [0, 0.1) is 17.7 Å². The number of benzene rings is 1. The van der Waals surface area contributed by atoms with Crippen molar-refractivity contribution in [3.8, 4) is 5.75 Å². The van der Waals surface area contributed by atoms with Crippen molar-refractivity contribution in [2.45, 2.75) is 27.7 Å². The Bertz CT molecular complexity index is 409. The van der Waals surface area contributed by atoms with Crippen molar-refractivity contribution in [1.82, 2.24) is 0 Å². The first-order valence-corrected chi connectivity index (χ1v) is 6.73. The van der Waals surface area contributed by atoms with Gasteiger partial charge in [0, 0.05) is 25.2 Å². The number of methoxy groups -OCH3 is 1. The van der Waals surface area contributed by atoms with Crippen LogP contribution in [0.15, 0.2) is 12.1 Å². The van der Waals surface area contributed by atoms with Crippen molar-refractivity contribution in [3.05, 3.63) is 17.9 Å². The monoisotopic (exact) mass is 268 g/mol. The van der Waals surface area contributed by atoms with Crippen LogP contribution in [0.4, 0.5) is 15.8 Å². The highest BCUT2D eigenvalue weighted by molar-refractivity contribution is 5.63. The van der Waals surface area contributed by atoms with E-state index in [0.717, 1.165) is 13.1 Å². The average Bonchev–Trinajstić information content (AvgIpc) is 2.27. The zero-order valence-corrected chi connectivity index (χ0v) is 12.5. The number of nitrogen functional groups attached to an aromatic ring is 1. The molecule has 108 valence electrons. The largest absolute Gasteiger partial charge is 0.495 e. The van der Waals surface area contributed by atoms with Crippen molar-refractivity contribution < 1.29 is 9.13 Å². The number of nitrogens with two attached hydrogens (primary N) is 1. The maximum Gasteiger partial charge on any atom is 0.148 e. The first-order valence-electron chi connectivity index (χ1n) is 6.73. The van der Waals surface area contributed by atoms with Crippen molar-refractivity contribution >= 4 is 11.4 Å². The number of rotatable bonds is 6. The normalized spacial score (nSPS) is 11.2. The Kier molecular flexibility index (Phi) is 5.45. The molecule has 2 N–H and O–H groups in total. The van der Waals surface area contributed by atoms with Crippen molar-refractivity contribution in [2.75, 3.05) is 30.8 Å². The van der Waals surface area contributed by atoms with E-state index in [1.807, 2.05) is 0 Å². The summed E-state index contributed by atoms with van der Waals surface area (Å²) < 4.78 is 19.3. The zero-order valence-electron chi connectivity index (χ0n) is 12.5. The predicted octanol–water partition coefficient (Wildman–Crippen LogP) is 3.53. The van der Waals surface area contributed by atoms with E-state index in [2.05, 4.69) is 32.6 Å². The van der Waals surface area contributed by atoms with E-state index >= 15 is 0 Å². The molecular formula is C15H25FN2O. The molecule has 0 saturated heterocycles. The lowest BCUT2D eigenvalue weighted by atomic mass is 10.1. The second-order valence-corrected chi connectivity index (χ2v) is 5.74. The number of ether oxygens (including phenoxy) is 1. The molecular weight excluding hydrogens is 243 g/mol. The van der Waals surface area contributed by atoms with E-state index < -0.39 is 0 Å². The molecule has 0 saturated carbocycles. The molecule has 0 spiro atoms. The van der Waals surface area contributed by atoms with Gasteiger partial charge < -0.3 is 15.4 Å². The molecule has 0 radical (unpaired) electrons. The number of hydrogen-bond donors (Lipinski definition) is 1. The molecule has 0 amide bonds. The topological polar surface area (TPSA) is 38.5 Å². The molecule has 0 unspecified atom stereocenters. The van der Waals surface area contributed by atoms with Crippen LogP contribution in [0.1, 0.15) is 27.7 Å². The summed E-state index contributed by atoms with van der Waals surface area (Å²) in [5, 5.41) is 0. The van der Waals surface area contributed by atoms with E-state index in [9.17, 15) is 4.39 Å². The van der Waals surface area contributed by atoms with E-state index in [1.165, 1.54) is 6.07 Å². The SMILES string of the molecule is COc1cc(N(CC(C)C)CC(C)C)c(F)cc1N. The molecule has 1 aromatic carbocycles. The minimum Gasteiger partial charge on any atom is -0.495 e. The van der Waals surface area contributed by atoms with E-state index in [0.29, 0.717) is 29.0 Å². The minimum atomic E-state index is -0.292. The number of halogens is 1. The van der Waals surface area contributed by atoms with Crippen LogP contribution in [-0.4, -0.2) is 20.2 Å². The lowest BCUT2D eigenvalue weighted by Crippen LogP contribution is -2.32. The molecule has 19 heavy (non-hydrogen) atoms. The molecule has 0 atom stereocenters. The summed E-state index contributed by atoms with van der Waals surface area (Å²) in [6, 6.07) is 3.03. The lowest BCUT2D eigenvalue weighted by Gasteiger charge is -2.29. The van der Waals surface area contributed by atoms with Crippen LogP contribution >= 0.6 is 0 Å². The number of anilines is 2. The minimum absolute atomic E-state index is 0.292. The van der Waals surface area contributed by atoms with Crippen LogP contribution in [0.25, 0.3) is 0 Å². The molecule has 0 aliphatic rings. The van der Waals surface area contributed by atoms with Gasteiger partial charge in [0.1, 0.15) is 11.6 Å². The summed E-state index contributed by atoms with van der Waals surface area (Å²) in [7, 11) is 1.54. The summed E-state index contributed by atoms with van der Waals surface area (Å²) in [6.45, 7) is 10.1. The third-order valence-corrected chi connectivity index (χ3v) is 2.81. The van der Waals surface area contributed by atoms with Gasteiger partial charge in [-0.05, 0) is 11.8 Å². The maximum atomic E-state index is 14.1. The molecule has 3 nitrogen and oxygen atoms in total. The molecule has 0 heterocycles. The van der Waals surface area contributed by atoms with Gasteiger partial charge in [0.05, 0.1) is 18.5 Å². The van der Waals surface area contributed by atoms with Gasteiger partial charge in [0.2, 0.25) is 0 Å². The van der Waals surface area contributed by atoms with Crippen LogP contribution in [0.2, 0.25) is 0 Å². The molecule has 1 rings (SSSR count). The predicted molar refractivity (Wildman–Crippen MR) is 79.3 cm³/mol. The highest BCUT2D eigenvalue weighted by Crippen LogP contribution is 2.31. The smallest absolute Gasteiger partial charge is 0.148 e. The standard InChI is InChI=1S/C15H25FN2O/c1-10(2)8-18(9-11(3)4)14-7-15(19-5)13(17)6-12(14)16/h6-7,10-11H,8-9,17H2,1-5H3. The fourth-order valence-corrected chi connectivity index (χ4v) is 2.13. The van der Waals surface area contributed by atoms with Crippen LogP contribution in [0.3, 0.4) is 0 Å². The molecule has 1 aromatic rings. The van der Waals surface area contributed by atoms with E-state index in [4.69, 9.17) is 10.5 Å². The molecule has 0 bridgehead atoms. The van der Waals surface area contributed by atoms with E-state index in [1.54, 1.807) is 13.2 Å². The van der Waals surface area contributed by atoms with Crippen LogP contribution in [-0.2, 0) is 0 Å². The maximum absolute atomic E-state index is 14.1. The second-order valence-electron chi connectivity index (χ2n) is 5.74. The average molecular weight is 268 g/mol. The van der Waals surface area contributed by atoms with Crippen molar-refractivity contribution in [2.24, 2.45) is 11.8 Å². The van der Waals surface area contributed by atoms with E-state index in [-0.39, 0.29) is 5.82 Å². The highest BCUT2D eigenvalue weighted by Gasteiger charge is 2.17. The Morgan fingerprint density at radius 3 is 2.11 bits per heavy atom. The first kappa shape index (κ1) is 15.6. The third-order valence-electron chi connectivity index (χ3n) is 2.81. The summed E-state index contributed by atoms with van der Waals surface area (Å²) in [5.74, 6) is 1.15. The van der Waals surface area contributed by atoms with Gasteiger partial charge in [-0.15, -0.1) is 0 Å². The van der Waals surface area contributed by atoms with Gasteiger partial charge in [0.15, 0.2) is 0 Å². The first-order chi connectivity index (χ1) is 8.85. The van der Waals surface area contributed by atoms with Gasteiger partial charge in [-0.1, -0.05) is 27.7 Å². The van der Waals surface area contributed by atoms with Crippen molar-refractivity contribution in [1.29, 1.82) is 0 Å². The Balaban J connectivity index is 3.13. The lowest BCUT2D eigenvalue weighted by molar-refractivity contribution is 0.415. The Hall–Kier alpha value is -1.45. The summed E-state index contributed by atoms with van der Waals surface area (Å²) in [6.07, 6.45) is 0. The third kappa shape index (κ3) is 4.30. The highest BCUT2D eigenvalue weighted by atomic mass is 19.1. The molecule has 0 aliphatic carbocycles. The summed E-state index contributed by atoms with van der Waals surface area (Å²) in [5.41, 5.74) is 6.61. The Morgan fingerprint density at radius 2 is 1.68 bits per heavy atom. The summed E-state index contributed by atoms with van der Waals surface area (Å²) >= 11 is 0. The fourth-order valence-electron chi connectivity index (χ4n) is 2.13. The molecule has 0 aliphatic heterocycles. The number of nitrogens with zero attached hydrogens (tertiary/aromatic N) is 1. The van der Waals surface area contributed by atoms with Gasteiger partial charge >= 0.3 is 0 Å². The molecule has 4 heteroatoms. The van der Waals surface area contributed by atoms with Crippen LogP contribution < -0.4 is 15.4 Å². The van der Waals surface area contributed by atoms with Gasteiger partial charge in [-0.25, -0.2) is 4.39 Å².